The van der Waals surface area contributed by atoms with E-state index in [0.29, 0.717) is 12.1 Å². The van der Waals surface area contributed by atoms with Crippen molar-refractivity contribution in [1.29, 1.82) is 0 Å². The first-order valence-electron chi connectivity index (χ1n) is 8.70. The SMILES string of the molecule is Cc1cc(C(C)(C)C)c(N(C(C)C)C(C)C)c(C(C)(C)C)c1. The summed E-state index contributed by atoms with van der Waals surface area (Å²) in [5.41, 5.74) is 6.05. The normalized spacial score (nSPS) is 13.1. The van der Waals surface area contributed by atoms with E-state index in [9.17, 15) is 0 Å². The molecule has 0 amide bonds. The van der Waals surface area contributed by atoms with Crippen LogP contribution in [0.25, 0.3) is 0 Å². The van der Waals surface area contributed by atoms with E-state index in [-0.39, 0.29) is 10.8 Å². The van der Waals surface area contributed by atoms with Gasteiger partial charge in [0.15, 0.2) is 0 Å². The van der Waals surface area contributed by atoms with Gasteiger partial charge in [0, 0.05) is 17.8 Å². The van der Waals surface area contributed by atoms with Gasteiger partial charge in [-0.3, -0.25) is 0 Å². The standard InChI is InChI=1S/C21H37N/c1-14(2)22(15(3)4)19-17(20(6,7)8)12-16(5)13-18(19)21(9,10)11/h12-15H,1-11H3. The van der Waals surface area contributed by atoms with E-state index in [1.165, 1.54) is 22.4 Å². The predicted molar refractivity (Wildman–Crippen MR) is 101 cm³/mol. The molecule has 0 bridgehead atoms. The molecule has 0 aliphatic rings. The van der Waals surface area contributed by atoms with Gasteiger partial charge in [0.05, 0.1) is 0 Å². The Hall–Kier alpha value is -0.980. The lowest BCUT2D eigenvalue weighted by Gasteiger charge is -2.41. The monoisotopic (exact) mass is 303 g/mol. The van der Waals surface area contributed by atoms with Gasteiger partial charge in [-0.1, -0.05) is 59.2 Å². The highest BCUT2D eigenvalue weighted by molar-refractivity contribution is 5.66. The van der Waals surface area contributed by atoms with Crippen molar-refractivity contribution in [3.05, 3.63) is 28.8 Å². The number of hydrogen-bond donors (Lipinski definition) is 0. The molecule has 126 valence electrons. The maximum Gasteiger partial charge on any atom is 0.0446 e. The first kappa shape index (κ1) is 19.1. The van der Waals surface area contributed by atoms with Crippen molar-refractivity contribution in [3.63, 3.8) is 0 Å². The highest BCUT2D eigenvalue weighted by Crippen LogP contribution is 2.42. The zero-order valence-electron chi connectivity index (χ0n) is 16.8. The lowest BCUT2D eigenvalue weighted by atomic mass is 9.77. The molecule has 0 fully saturated rings. The fraction of sp³-hybridized carbons (Fsp3) is 0.714. The summed E-state index contributed by atoms with van der Waals surface area (Å²) in [6.45, 7) is 25.4. The summed E-state index contributed by atoms with van der Waals surface area (Å²) < 4.78 is 0. The maximum absolute atomic E-state index is 2.60. The third kappa shape index (κ3) is 4.06. The van der Waals surface area contributed by atoms with Crippen LogP contribution in [-0.4, -0.2) is 12.1 Å². The van der Waals surface area contributed by atoms with Crippen LogP contribution in [0.2, 0.25) is 0 Å². The van der Waals surface area contributed by atoms with Gasteiger partial charge >= 0.3 is 0 Å². The maximum atomic E-state index is 2.60. The summed E-state index contributed by atoms with van der Waals surface area (Å²) in [5, 5.41) is 0. The Morgan fingerprint density at radius 2 is 1.05 bits per heavy atom. The lowest BCUT2D eigenvalue weighted by Crippen LogP contribution is -2.40. The van der Waals surface area contributed by atoms with Crippen LogP contribution in [0.15, 0.2) is 12.1 Å². The van der Waals surface area contributed by atoms with E-state index < -0.39 is 0 Å². The van der Waals surface area contributed by atoms with Gasteiger partial charge in [0.25, 0.3) is 0 Å². The van der Waals surface area contributed by atoms with Crippen LogP contribution in [0, 0.1) is 6.92 Å². The van der Waals surface area contributed by atoms with Crippen LogP contribution < -0.4 is 4.90 Å². The van der Waals surface area contributed by atoms with Crippen molar-refractivity contribution in [2.45, 2.75) is 99.1 Å². The Morgan fingerprint density at radius 3 is 1.27 bits per heavy atom. The molecule has 0 saturated heterocycles. The molecule has 0 spiro atoms. The largest absolute Gasteiger partial charge is 0.366 e. The molecule has 0 heterocycles. The van der Waals surface area contributed by atoms with Crippen LogP contribution in [0.5, 0.6) is 0 Å². The lowest BCUT2D eigenvalue weighted by molar-refractivity contribution is 0.538. The van der Waals surface area contributed by atoms with E-state index >= 15 is 0 Å². The van der Waals surface area contributed by atoms with Crippen LogP contribution in [-0.2, 0) is 10.8 Å². The molecule has 1 aromatic carbocycles. The van der Waals surface area contributed by atoms with Gasteiger partial charge in [-0.2, -0.15) is 0 Å². The molecule has 0 unspecified atom stereocenters. The van der Waals surface area contributed by atoms with Gasteiger partial charge in [0.2, 0.25) is 0 Å². The Kier molecular flexibility index (Phi) is 5.42. The van der Waals surface area contributed by atoms with E-state index in [2.05, 4.69) is 93.2 Å². The highest BCUT2D eigenvalue weighted by Gasteiger charge is 2.30. The molecule has 0 aromatic heterocycles. The molecule has 0 radical (unpaired) electrons. The van der Waals surface area contributed by atoms with Crippen LogP contribution in [0.4, 0.5) is 5.69 Å². The summed E-state index contributed by atoms with van der Waals surface area (Å²) in [4.78, 5) is 2.60. The summed E-state index contributed by atoms with van der Waals surface area (Å²) in [6, 6.07) is 5.76. The summed E-state index contributed by atoms with van der Waals surface area (Å²) in [5.74, 6) is 0. The van der Waals surface area contributed by atoms with Gasteiger partial charge in [-0.05, 0) is 56.6 Å². The zero-order chi connectivity index (χ0) is 17.5. The number of anilines is 1. The summed E-state index contributed by atoms with van der Waals surface area (Å²) in [7, 11) is 0. The minimum Gasteiger partial charge on any atom is -0.366 e. The van der Waals surface area contributed by atoms with Crippen LogP contribution >= 0.6 is 0 Å². The first-order chi connectivity index (χ1) is 9.76. The van der Waals surface area contributed by atoms with Gasteiger partial charge < -0.3 is 4.90 Å². The van der Waals surface area contributed by atoms with Crippen LogP contribution in [0.3, 0.4) is 0 Å². The Labute approximate surface area is 139 Å². The molecule has 0 saturated carbocycles. The fourth-order valence-electron chi connectivity index (χ4n) is 3.31. The third-order valence-corrected chi connectivity index (χ3v) is 4.24. The molecule has 1 rings (SSSR count). The Morgan fingerprint density at radius 1 is 0.727 bits per heavy atom. The van der Waals surface area contributed by atoms with Crippen LogP contribution in [0.1, 0.15) is 85.9 Å². The topological polar surface area (TPSA) is 3.24 Å². The molecule has 1 heteroatoms. The van der Waals surface area contributed by atoms with Crippen molar-refractivity contribution >= 4 is 5.69 Å². The molecule has 22 heavy (non-hydrogen) atoms. The van der Waals surface area contributed by atoms with Crippen molar-refractivity contribution in [2.24, 2.45) is 0 Å². The van der Waals surface area contributed by atoms with E-state index in [0.717, 1.165) is 0 Å². The highest BCUT2D eigenvalue weighted by atomic mass is 15.2. The predicted octanol–water partition coefficient (Wildman–Crippen LogP) is 6.21. The molecule has 0 N–H and O–H groups in total. The Balaban J connectivity index is 3.84. The van der Waals surface area contributed by atoms with Crippen molar-refractivity contribution in [2.75, 3.05) is 4.90 Å². The fourth-order valence-corrected chi connectivity index (χ4v) is 3.31. The Bertz CT molecular complexity index is 467. The summed E-state index contributed by atoms with van der Waals surface area (Å²) in [6.07, 6.45) is 0. The first-order valence-corrected chi connectivity index (χ1v) is 8.70. The number of rotatable bonds is 3. The van der Waals surface area contributed by atoms with Crippen molar-refractivity contribution in [1.82, 2.24) is 0 Å². The molecule has 0 aliphatic carbocycles. The number of nitrogens with zero attached hydrogens (tertiary/aromatic N) is 1. The van der Waals surface area contributed by atoms with E-state index in [4.69, 9.17) is 0 Å². The number of hydrogen-bond acceptors (Lipinski definition) is 1. The van der Waals surface area contributed by atoms with E-state index in [1.54, 1.807) is 0 Å². The van der Waals surface area contributed by atoms with E-state index in [1.807, 2.05) is 0 Å². The molecular weight excluding hydrogens is 266 g/mol. The molecule has 0 aliphatic heterocycles. The van der Waals surface area contributed by atoms with Gasteiger partial charge in [-0.15, -0.1) is 0 Å². The van der Waals surface area contributed by atoms with Crippen molar-refractivity contribution < 1.29 is 0 Å². The third-order valence-electron chi connectivity index (χ3n) is 4.24. The molecular formula is C21H37N. The second-order valence-electron chi connectivity index (χ2n) is 9.30. The molecule has 1 nitrogen and oxygen atoms in total. The number of benzene rings is 1. The van der Waals surface area contributed by atoms with Gasteiger partial charge in [-0.25, -0.2) is 0 Å². The average Bonchev–Trinajstić information content (AvgIpc) is 2.26. The molecule has 1 aromatic rings. The quantitative estimate of drug-likeness (QED) is 0.641. The minimum absolute atomic E-state index is 0.142. The smallest absolute Gasteiger partial charge is 0.0446 e. The zero-order valence-corrected chi connectivity index (χ0v) is 16.8. The van der Waals surface area contributed by atoms with Gasteiger partial charge in [0.1, 0.15) is 0 Å². The second kappa shape index (κ2) is 6.26. The average molecular weight is 304 g/mol. The van der Waals surface area contributed by atoms with Crippen molar-refractivity contribution in [3.8, 4) is 0 Å². The number of aryl methyl sites for hydroxylation is 1. The second-order valence-corrected chi connectivity index (χ2v) is 9.30. The molecule has 0 atom stereocenters. The summed E-state index contributed by atoms with van der Waals surface area (Å²) >= 11 is 0. The minimum atomic E-state index is 0.142.